The van der Waals surface area contributed by atoms with Gasteiger partial charge < -0.3 is 9.73 Å². The molecular weight excluding hydrogens is 368 g/mol. The fourth-order valence-corrected chi connectivity index (χ4v) is 3.94. The molecule has 0 spiro atoms. The van der Waals surface area contributed by atoms with Crippen molar-refractivity contribution in [1.82, 2.24) is 20.0 Å². The Balaban J connectivity index is 1.32. The topological polar surface area (TPSA) is 80.4 Å². The molecule has 3 heterocycles. The average Bonchev–Trinajstić information content (AvgIpc) is 3.13. The number of amides is 1. The minimum absolute atomic E-state index is 0.0274. The Morgan fingerprint density at radius 1 is 1.31 bits per heavy atom. The summed E-state index contributed by atoms with van der Waals surface area (Å²) in [6, 6.07) is 9.22. The molecule has 1 atom stereocenters. The molecule has 1 fully saturated rings. The van der Waals surface area contributed by atoms with Gasteiger partial charge in [0.2, 0.25) is 5.91 Å². The third-order valence-electron chi connectivity index (χ3n) is 5.42. The maximum absolute atomic E-state index is 12.7. The summed E-state index contributed by atoms with van der Waals surface area (Å²) in [5, 5.41) is 7.89. The zero-order valence-corrected chi connectivity index (χ0v) is 16.6. The van der Waals surface area contributed by atoms with E-state index in [9.17, 15) is 9.59 Å². The standard InChI is InChI=1S/C22H26N4O3/c1-16-8-10-26(24-16)14-21(27)23-11-17-5-4-9-25(12-17)13-18-15-29-20-7-3-2-6-19(20)22(18)28/h2-3,6-8,10,15,17H,4-5,9,11-14H2,1H3,(H,23,27). The number of rotatable bonds is 6. The molecule has 0 aliphatic carbocycles. The van der Waals surface area contributed by atoms with Crippen LogP contribution in [0, 0.1) is 12.8 Å². The van der Waals surface area contributed by atoms with Crippen LogP contribution in [0.3, 0.4) is 0 Å². The normalized spacial score (nSPS) is 17.5. The molecule has 29 heavy (non-hydrogen) atoms. The van der Waals surface area contributed by atoms with Crippen LogP contribution >= 0.6 is 0 Å². The quantitative estimate of drug-likeness (QED) is 0.694. The van der Waals surface area contributed by atoms with E-state index in [1.165, 1.54) is 0 Å². The molecule has 152 valence electrons. The molecule has 3 aromatic rings. The molecule has 0 saturated carbocycles. The van der Waals surface area contributed by atoms with Gasteiger partial charge >= 0.3 is 0 Å². The molecule has 1 aliphatic rings. The van der Waals surface area contributed by atoms with Gasteiger partial charge in [-0.25, -0.2) is 0 Å². The first-order valence-electron chi connectivity index (χ1n) is 10.1. The van der Waals surface area contributed by atoms with Crippen LogP contribution in [0.1, 0.15) is 24.1 Å². The molecule has 1 aromatic carbocycles. The highest BCUT2D eigenvalue weighted by atomic mass is 16.3. The van der Waals surface area contributed by atoms with Gasteiger partial charge in [-0.15, -0.1) is 0 Å². The van der Waals surface area contributed by atoms with Gasteiger partial charge in [-0.2, -0.15) is 5.10 Å². The van der Waals surface area contributed by atoms with E-state index in [1.807, 2.05) is 37.4 Å². The van der Waals surface area contributed by atoms with Gasteiger partial charge in [-0.3, -0.25) is 19.2 Å². The van der Waals surface area contributed by atoms with E-state index < -0.39 is 0 Å². The van der Waals surface area contributed by atoms with Crippen molar-refractivity contribution in [3.8, 4) is 0 Å². The van der Waals surface area contributed by atoms with Gasteiger partial charge in [0.25, 0.3) is 0 Å². The summed E-state index contributed by atoms with van der Waals surface area (Å²) < 4.78 is 7.29. The van der Waals surface area contributed by atoms with Crippen molar-refractivity contribution in [2.75, 3.05) is 19.6 Å². The predicted molar refractivity (Wildman–Crippen MR) is 110 cm³/mol. The van der Waals surface area contributed by atoms with Crippen LogP contribution in [0.4, 0.5) is 0 Å². The number of carbonyl (C=O) groups is 1. The van der Waals surface area contributed by atoms with Gasteiger partial charge in [0.15, 0.2) is 5.43 Å². The molecule has 1 amide bonds. The Morgan fingerprint density at radius 2 is 2.17 bits per heavy atom. The van der Waals surface area contributed by atoms with E-state index in [0.29, 0.717) is 35.5 Å². The number of nitrogens with one attached hydrogen (secondary N) is 1. The number of fused-ring (bicyclic) bond motifs is 1. The van der Waals surface area contributed by atoms with Crippen LogP contribution in [-0.4, -0.2) is 40.2 Å². The minimum Gasteiger partial charge on any atom is -0.464 e. The Bertz CT molecular complexity index is 1060. The first-order chi connectivity index (χ1) is 14.1. The van der Waals surface area contributed by atoms with E-state index in [4.69, 9.17) is 4.42 Å². The maximum atomic E-state index is 12.7. The number of nitrogens with zero attached hydrogens (tertiary/aromatic N) is 3. The Kier molecular flexibility index (Phi) is 5.76. The number of hydrogen-bond acceptors (Lipinski definition) is 5. The number of aromatic nitrogens is 2. The molecule has 2 aromatic heterocycles. The van der Waals surface area contributed by atoms with Crippen LogP contribution in [0.5, 0.6) is 0 Å². The summed E-state index contributed by atoms with van der Waals surface area (Å²) in [5.41, 5.74) is 2.24. The molecule has 7 heteroatoms. The van der Waals surface area contributed by atoms with Crippen molar-refractivity contribution in [2.45, 2.75) is 32.9 Å². The molecule has 1 aliphatic heterocycles. The zero-order chi connectivity index (χ0) is 20.2. The van der Waals surface area contributed by atoms with Gasteiger partial charge in [0, 0.05) is 31.4 Å². The van der Waals surface area contributed by atoms with Crippen LogP contribution in [0.2, 0.25) is 0 Å². The lowest BCUT2D eigenvalue weighted by atomic mass is 9.97. The highest BCUT2D eigenvalue weighted by Gasteiger charge is 2.22. The van der Waals surface area contributed by atoms with Crippen molar-refractivity contribution < 1.29 is 9.21 Å². The average molecular weight is 394 g/mol. The van der Waals surface area contributed by atoms with E-state index in [-0.39, 0.29) is 17.9 Å². The second-order valence-corrected chi connectivity index (χ2v) is 7.79. The maximum Gasteiger partial charge on any atom is 0.241 e. The summed E-state index contributed by atoms with van der Waals surface area (Å²) >= 11 is 0. The summed E-state index contributed by atoms with van der Waals surface area (Å²) in [6.45, 7) is 5.16. The van der Waals surface area contributed by atoms with Crippen LogP contribution in [0.15, 0.2) is 52.0 Å². The third-order valence-corrected chi connectivity index (χ3v) is 5.42. The smallest absolute Gasteiger partial charge is 0.241 e. The minimum atomic E-state index is -0.0274. The zero-order valence-electron chi connectivity index (χ0n) is 16.6. The molecular formula is C22H26N4O3. The third kappa shape index (κ3) is 4.74. The molecule has 4 rings (SSSR count). The molecule has 1 N–H and O–H groups in total. The predicted octanol–water partition coefficient (Wildman–Crippen LogP) is 2.33. The number of benzene rings is 1. The SMILES string of the molecule is Cc1ccn(CC(=O)NCC2CCCN(Cc3coc4ccccc4c3=O)C2)n1. The van der Waals surface area contributed by atoms with Crippen molar-refractivity contribution in [2.24, 2.45) is 5.92 Å². The Labute approximate surface area is 169 Å². The number of para-hydroxylation sites is 1. The first-order valence-corrected chi connectivity index (χ1v) is 10.1. The van der Waals surface area contributed by atoms with Crippen molar-refractivity contribution in [3.05, 3.63) is 64.3 Å². The monoisotopic (exact) mass is 394 g/mol. The number of aryl methyl sites for hydroxylation is 1. The summed E-state index contributed by atoms with van der Waals surface area (Å²) in [5.74, 6) is 0.347. The van der Waals surface area contributed by atoms with E-state index >= 15 is 0 Å². The van der Waals surface area contributed by atoms with Crippen LogP contribution in [-0.2, 0) is 17.9 Å². The highest BCUT2D eigenvalue weighted by Crippen LogP contribution is 2.18. The molecule has 0 bridgehead atoms. The van der Waals surface area contributed by atoms with Crippen molar-refractivity contribution in [3.63, 3.8) is 0 Å². The second kappa shape index (κ2) is 8.61. The molecule has 1 saturated heterocycles. The lowest BCUT2D eigenvalue weighted by Crippen LogP contribution is -2.41. The van der Waals surface area contributed by atoms with Gasteiger partial charge in [0.05, 0.1) is 17.3 Å². The highest BCUT2D eigenvalue weighted by molar-refractivity contribution is 5.76. The molecule has 7 nitrogen and oxygen atoms in total. The Hall–Kier alpha value is -2.93. The summed E-state index contributed by atoms with van der Waals surface area (Å²) in [6.07, 6.45) is 5.52. The lowest BCUT2D eigenvalue weighted by Gasteiger charge is -2.32. The summed E-state index contributed by atoms with van der Waals surface area (Å²) in [4.78, 5) is 27.2. The van der Waals surface area contributed by atoms with E-state index in [2.05, 4.69) is 15.3 Å². The van der Waals surface area contributed by atoms with E-state index in [0.717, 1.165) is 31.6 Å². The Morgan fingerprint density at radius 3 is 3.00 bits per heavy atom. The first kappa shape index (κ1) is 19.4. The number of piperidine rings is 1. The van der Waals surface area contributed by atoms with Gasteiger partial charge in [0.1, 0.15) is 12.1 Å². The number of likely N-dealkylation sites (tertiary alicyclic amines) is 1. The van der Waals surface area contributed by atoms with Crippen LogP contribution in [0.25, 0.3) is 11.0 Å². The molecule has 0 radical (unpaired) electrons. The van der Waals surface area contributed by atoms with Gasteiger partial charge in [-0.1, -0.05) is 12.1 Å². The lowest BCUT2D eigenvalue weighted by molar-refractivity contribution is -0.122. The number of carbonyl (C=O) groups excluding carboxylic acids is 1. The molecule has 1 unspecified atom stereocenters. The van der Waals surface area contributed by atoms with Crippen LogP contribution < -0.4 is 10.7 Å². The largest absolute Gasteiger partial charge is 0.464 e. The summed E-state index contributed by atoms with van der Waals surface area (Å²) in [7, 11) is 0. The fraction of sp³-hybridized carbons (Fsp3) is 0.409. The fourth-order valence-electron chi connectivity index (χ4n) is 3.94. The number of hydrogen-bond donors (Lipinski definition) is 1. The van der Waals surface area contributed by atoms with Crippen molar-refractivity contribution >= 4 is 16.9 Å². The van der Waals surface area contributed by atoms with Crippen molar-refractivity contribution in [1.29, 1.82) is 0 Å². The second-order valence-electron chi connectivity index (χ2n) is 7.79. The van der Waals surface area contributed by atoms with E-state index in [1.54, 1.807) is 17.0 Å². The van der Waals surface area contributed by atoms with Gasteiger partial charge in [-0.05, 0) is 50.4 Å².